The molecule has 7 heteroatoms. The van der Waals surface area contributed by atoms with Gasteiger partial charge in [-0.15, -0.1) is 0 Å². The first-order chi connectivity index (χ1) is 14.5. The molecule has 0 aliphatic carbocycles. The molecule has 3 rings (SSSR count). The Kier molecular flexibility index (Phi) is 6.43. The fraction of sp³-hybridized carbons (Fsp3) is 0.542. The van der Waals surface area contributed by atoms with Crippen molar-refractivity contribution in [1.82, 2.24) is 0 Å². The van der Waals surface area contributed by atoms with E-state index in [4.69, 9.17) is 18.6 Å². The van der Waals surface area contributed by atoms with Crippen LogP contribution in [0.4, 0.5) is 0 Å². The van der Waals surface area contributed by atoms with E-state index in [9.17, 15) is 14.4 Å². The maximum absolute atomic E-state index is 12.6. The number of fused-ring (bicyclic) bond motifs is 3. The molecule has 7 nitrogen and oxygen atoms in total. The Morgan fingerprint density at radius 3 is 2.26 bits per heavy atom. The van der Waals surface area contributed by atoms with E-state index in [1.165, 1.54) is 6.07 Å². The van der Waals surface area contributed by atoms with E-state index in [1.54, 1.807) is 32.0 Å². The van der Waals surface area contributed by atoms with Crippen molar-refractivity contribution in [3.63, 3.8) is 0 Å². The number of ether oxygens (including phenoxy) is 3. The zero-order valence-corrected chi connectivity index (χ0v) is 18.9. The molecule has 1 aromatic carbocycles. The third-order valence-electron chi connectivity index (χ3n) is 5.07. The highest BCUT2D eigenvalue weighted by atomic mass is 16.6. The highest BCUT2D eigenvalue weighted by Gasteiger charge is 2.50. The molecule has 2 heterocycles. The molecule has 0 bridgehead atoms. The third-order valence-corrected chi connectivity index (χ3v) is 5.07. The number of rotatable bonds is 7. The monoisotopic (exact) mass is 430 g/mol. The van der Waals surface area contributed by atoms with Crippen LogP contribution < -0.4 is 10.4 Å². The van der Waals surface area contributed by atoms with Crippen LogP contribution in [0.15, 0.2) is 33.5 Å². The summed E-state index contributed by atoms with van der Waals surface area (Å²) in [5, 5.41) is 0.683. The zero-order valence-electron chi connectivity index (χ0n) is 18.9. The maximum atomic E-state index is 12.6. The van der Waals surface area contributed by atoms with Gasteiger partial charge in [-0.05, 0) is 43.9 Å². The first kappa shape index (κ1) is 22.8. The summed E-state index contributed by atoms with van der Waals surface area (Å²) in [7, 11) is 0. The van der Waals surface area contributed by atoms with Crippen LogP contribution in [0.25, 0.3) is 11.0 Å². The van der Waals surface area contributed by atoms with Crippen LogP contribution in [0.2, 0.25) is 0 Å². The molecule has 1 aliphatic rings. The van der Waals surface area contributed by atoms with Crippen LogP contribution in [-0.2, 0) is 19.1 Å². The molecular weight excluding hydrogens is 400 g/mol. The minimum Gasteiger partial charge on any atom is -0.481 e. The predicted octanol–water partition coefficient (Wildman–Crippen LogP) is 4.55. The zero-order chi connectivity index (χ0) is 22.9. The van der Waals surface area contributed by atoms with Gasteiger partial charge in [0.15, 0.2) is 12.2 Å². The standard InChI is InChI=1S/C24H30O7/c1-13(2)11-18(26)30-22-20-16(9-7-15-8-10-17(25)29-21(15)20)28-23(22)24(5,6)31-19(27)12-14(3)4/h7-10,13-14,22-23H,11-12H2,1-6H3/t22-,23+/m1/s1. The van der Waals surface area contributed by atoms with Gasteiger partial charge in [-0.1, -0.05) is 27.7 Å². The SMILES string of the molecule is CC(C)CC(=O)O[C@@H]1c2c(ccc3ccc(=O)oc23)O[C@@H]1C(C)(C)OC(=O)CC(C)C. The Morgan fingerprint density at radius 1 is 1.00 bits per heavy atom. The summed E-state index contributed by atoms with van der Waals surface area (Å²) in [6, 6.07) is 6.49. The molecule has 0 radical (unpaired) electrons. The number of hydrogen-bond donors (Lipinski definition) is 0. The van der Waals surface area contributed by atoms with Crippen molar-refractivity contribution in [2.45, 2.75) is 72.2 Å². The lowest BCUT2D eigenvalue weighted by atomic mass is 9.93. The lowest BCUT2D eigenvalue weighted by Crippen LogP contribution is -2.46. The smallest absolute Gasteiger partial charge is 0.336 e. The van der Waals surface area contributed by atoms with Crippen molar-refractivity contribution in [3.05, 3.63) is 40.2 Å². The first-order valence-electron chi connectivity index (χ1n) is 10.6. The molecule has 0 amide bonds. The lowest BCUT2D eigenvalue weighted by molar-refractivity contribution is -0.178. The average molecular weight is 430 g/mol. The second-order valence-electron chi connectivity index (χ2n) is 9.37. The number of esters is 2. The summed E-state index contributed by atoms with van der Waals surface area (Å²) < 4.78 is 23.2. The van der Waals surface area contributed by atoms with Crippen LogP contribution in [0.1, 0.15) is 66.1 Å². The molecule has 0 saturated carbocycles. The van der Waals surface area contributed by atoms with E-state index < -0.39 is 29.4 Å². The normalized spacial score (nSPS) is 18.2. The van der Waals surface area contributed by atoms with Gasteiger partial charge in [0.1, 0.15) is 16.9 Å². The Hall–Kier alpha value is -2.83. The Bertz CT molecular complexity index is 1030. The highest BCUT2D eigenvalue weighted by Crippen LogP contribution is 2.47. The van der Waals surface area contributed by atoms with Crippen LogP contribution in [0.5, 0.6) is 5.75 Å². The summed E-state index contributed by atoms with van der Waals surface area (Å²) in [6.07, 6.45) is -1.21. The van der Waals surface area contributed by atoms with Gasteiger partial charge in [0.25, 0.3) is 0 Å². The van der Waals surface area contributed by atoms with E-state index >= 15 is 0 Å². The molecule has 2 aromatic rings. The Labute approximate surface area is 181 Å². The summed E-state index contributed by atoms with van der Waals surface area (Å²) in [6.45, 7) is 11.2. The fourth-order valence-corrected chi connectivity index (χ4v) is 3.73. The van der Waals surface area contributed by atoms with Gasteiger partial charge in [0, 0.05) is 24.3 Å². The molecule has 31 heavy (non-hydrogen) atoms. The quantitative estimate of drug-likeness (QED) is 0.470. The number of hydrogen-bond acceptors (Lipinski definition) is 7. The van der Waals surface area contributed by atoms with Gasteiger partial charge in [-0.25, -0.2) is 4.79 Å². The van der Waals surface area contributed by atoms with Crippen LogP contribution >= 0.6 is 0 Å². The third kappa shape index (κ3) is 5.09. The van der Waals surface area contributed by atoms with E-state index in [-0.39, 0.29) is 30.6 Å². The van der Waals surface area contributed by atoms with E-state index in [1.807, 2.05) is 27.7 Å². The van der Waals surface area contributed by atoms with Gasteiger partial charge < -0.3 is 18.6 Å². The first-order valence-corrected chi connectivity index (χ1v) is 10.6. The van der Waals surface area contributed by atoms with Gasteiger partial charge in [0.05, 0.1) is 5.56 Å². The average Bonchev–Trinajstić information content (AvgIpc) is 2.99. The van der Waals surface area contributed by atoms with Crippen LogP contribution in [0.3, 0.4) is 0 Å². The molecule has 1 aliphatic heterocycles. The minimum absolute atomic E-state index is 0.107. The van der Waals surface area contributed by atoms with Gasteiger partial charge in [-0.3, -0.25) is 9.59 Å². The summed E-state index contributed by atoms with van der Waals surface area (Å²) in [5.41, 5.74) is -0.835. The lowest BCUT2D eigenvalue weighted by Gasteiger charge is -2.34. The van der Waals surface area contributed by atoms with Gasteiger partial charge >= 0.3 is 17.6 Å². The fourth-order valence-electron chi connectivity index (χ4n) is 3.73. The van der Waals surface area contributed by atoms with Crippen LogP contribution in [0, 0.1) is 11.8 Å². The molecular formula is C24H30O7. The predicted molar refractivity (Wildman–Crippen MR) is 115 cm³/mol. The van der Waals surface area contributed by atoms with Crippen molar-refractivity contribution < 1.29 is 28.2 Å². The Morgan fingerprint density at radius 2 is 1.61 bits per heavy atom. The second kappa shape index (κ2) is 8.73. The summed E-state index contributed by atoms with van der Waals surface area (Å²) in [5.74, 6) is -0.0793. The second-order valence-corrected chi connectivity index (χ2v) is 9.37. The van der Waals surface area contributed by atoms with Gasteiger partial charge in [-0.2, -0.15) is 0 Å². The molecule has 0 spiro atoms. The summed E-state index contributed by atoms with van der Waals surface area (Å²) in [4.78, 5) is 36.9. The number of benzene rings is 1. The van der Waals surface area contributed by atoms with E-state index in [0.29, 0.717) is 22.3 Å². The largest absolute Gasteiger partial charge is 0.481 e. The highest BCUT2D eigenvalue weighted by molar-refractivity contribution is 5.84. The topological polar surface area (TPSA) is 92.0 Å². The van der Waals surface area contributed by atoms with Crippen molar-refractivity contribution in [3.8, 4) is 5.75 Å². The Balaban J connectivity index is 2.03. The van der Waals surface area contributed by atoms with Gasteiger partial charge in [0.2, 0.25) is 0 Å². The molecule has 2 atom stereocenters. The molecule has 0 fully saturated rings. The molecule has 168 valence electrons. The van der Waals surface area contributed by atoms with E-state index in [2.05, 4.69) is 0 Å². The van der Waals surface area contributed by atoms with Crippen molar-refractivity contribution >= 4 is 22.9 Å². The van der Waals surface area contributed by atoms with E-state index in [0.717, 1.165) is 0 Å². The minimum atomic E-state index is -1.10. The van der Waals surface area contributed by atoms with Crippen molar-refractivity contribution in [2.75, 3.05) is 0 Å². The van der Waals surface area contributed by atoms with Crippen molar-refractivity contribution in [1.29, 1.82) is 0 Å². The number of carbonyl (C=O) groups is 2. The molecule has 0 saturated heterocycles. The molecule has 0 unspecified atom stereocenters. The maximum Gasteiger partial charge on any atom is 0.336 e. The molecule has 0 N–H and O–H groups in total. The van der Waals surface area contributed by atoms with Crippen LogP contribution in [-0.4, -0.2) is 23.6 Å². The molecule has 1 aromatic heterocycles. The van der Waals surface area contributed by atoms with Crippen molar-refractivity contribution in [2.24, 2.45) is 11.8 Å². The summed E-state index contributed by atoms with van der Waals surface area (Å²) >= 11 is 0. The number of carbonyl (C=O) groups excluding carboxylic acids is 2.